The average molecular weight is 318 g/mol. The Kier molecular flexibility index (Phi) is 4.34. The molecular formula is C16H22N4OS. The Morgan fingerprint density at radius 3 is 2.64 bits per heavy atom. The van der Waals surface area contributed by atoms with Gasteiger partial charge in [0.2, 0.25) is 0 Å². The van der Waals surface area contributed by atoms with E-state index in [4.69, 9.17) is 5.26 Å². The average Bonchev–Trinajstić information content (AvgIpc) is 2.84. The van der Waals surface area contributed by atoms with Crippen LogP contribution in [0.3, 0.4) is 0 Å². The van der Waals surface area contributed by atoms with E-state index in [-0.39, 0.29) is 5.91 Å². The number of nitrogens with zero attached hydrogens (tertiary/aromatic N) is 2. The van der Waals surface area contributed by atoms with Crippen LogP contribution < -0.4 is 10.6 Å². The Hall–Kier alpha value is -1.61. The Morgan fingerprint density at radius 2 is 2.05 bits per heavy atom. The molecule has 118 valence electrons. The van der Waals surface area contributed by atoms with Crippen LogP contribution in [0.15, 0.2) is 0 Å². The van der Waals surface area contributed by atoms with E-state index in [0.29, 0.717) is 23.9 Å². The number of nitriles is 1. The first-order chi connectivity index (χ1) is 10.6. The van der Waals surface area contributed by atoms with Gasteiger partial charge >= 0.3 is 0 Å². The van der Waals surface area contributed by atoms with Gasteiger partial charge in [0.25, 0.3) is 5.91 Å². The minimum atomic E-state index is -0.709. The standard InChI is InChI=1S/C16H22N4OS/c1-11-13(12-6-3-2-4-7-12)22-15(19-11)20-14(21)16(18-10-17)8-5-9-16/h12,18H,2-9H2,1H3,(H,19,20,21). The summed E-state index contributed by atoms with van der Waals surface area (Å²) in [4.78, 5) is 18.3. The lowest BCUT2D eigenvalue weighted by molar-refractivity contribution is -0.125. The molecule has 2 fully saturated rings. The second-order valence-corrected chi connectivity index (χ2v) is 7.46. The molecule has 2 aliphatic carbocycles. The van der Waals surface area contributed by atoms with Crippen LogP contribution in [-0.2, 0) is 4.79 Å². The highest BCUT2D eigenvalue weighted by atomic mass is 32.1. The van der Waals surface area contributed by atoms with Crippen molar-refractivity contribution in [2.24, 2.45) is 0 Å². The largest absolute Gasteiger partial charge is 0.308 e. The number of amides is 1. The summed E-state index contributed by atoms with van der Waals surface area (Å²) in [6.07, 6.45) is 10.7. The molecule has 0 spiro atoms. The number of aromatic nitrogens is 1. The number of rotatable bonds is 4. The topological polar surface area (TPSA) is 77.8 Å². The fourth-order valence-electron chi connectivity index (χ4n) is 3.47. The van der Waals surface area contributed by atoms with Crippen LogP contribution in [0.4, 0.5) is 5.13 Å². The quantitative estimate of drug-likeness (QED) is 0.658. The van der Waals surface area contributed by atoms with Crippen molar-refractivity contribution in [1.29, 1.82) is 5.26 Å². The van der Waals surface area contributed by atoms with E-state index in [0.717, 1.165) is 12.1 Å². The van der Waals surface area contributed by atoms with Crippen molar-refractivity contribution in [2.45, 2.75) is 69.7 Å². The van der Waals surface area contributed by atoms with Gasteiger partial charge in [0.15, 0.2) is 11.3 Å². The van der Waals surface area contributed by atoms with Gasteiger partial charge in [-0.05, 0) is 44.9 Å². The molecule has 2 N–H and O–H groups in total. The zero-order valence-electron chi connectivity index (χ0n) is 12.9. The number of hydrogen-bond donors (Lipinski definition) is 2. The molecule has 1 heterocycles. The van der Waals surface area contributed by atoms with Crippen LogP contribution in [0.5, 0.6) is 0 Å². The van der Waals surface area contributed by atoms with Gasteiger partial charge in [-0.2, -0.15) is 5.26 Å². The van der Waals surface area contributed by atoms with Gasteiger partial charge in [-0.3, -0.25) is 10.1 Å². The highest BCUT2D eigenvalue weighted by Gasteiger charge is 2.44. The summed E-state index contributed by atoms with van der Waals surface area (Å²) in [6.45, 7) is 2.03. The molecule has 6 heteroatoms. The number of thiazole rings is 1. The summed E-state index contributed by atoms with van der Waals surface area (Å²) in [6, 6.07) is 0. The number of carbonyl (C=O) groups is 1. The third-order valence-corrected chi connectivity index (χ3v) is 6.20. The third kappa shape index (κ3) is 2.82. The normalized spacial score (nSPS) is 20.7. The van der Waals surface area contributed by atoms with Gasteiger partial charge in [-0.15, -0.1) is 11.3 Å². The molecule has 5 nitrogen and oxygen atoms in total. The Bertz CT molecular complexity index is 594. The lowest BCUT2D eigenvalue weighted by atomic mass is 9.76. The zero-order chi connectivity index (χ0) is 15.6. The van der Waals surface area contributed by atoms with E-state index in [1.54, 1.807) is 11.3 Å². The number of aryl methyl sites for hydroxylation is 1. The zero-order valence-corrected chi connectivity index (χ0v) is 13.8. The molecule has 0 radical (unpaired) electrons. The van der Waals surface area contributed by atoms with E-state index < -0.39 is 5.54 Å². The van der Waals surface area contributed by atoms with E-state index in [2.05, 4.69) is 15.6 Å². The van der Waals surface area contributed by atoms with Crippen molar-refractivity contribution in [2.75, 3.05) is 5.32 Å². The Labute approximate surface area is 135 Å². The molecule has 0 aromatic carbocycles. The molecule has 0 unspecified atom stereocenters. The van der Waals surface area contributed by atoms with Crippen LogP contribution in [0.2, 0.25) is 0 Å². The van der Waals surface area contributed by atoms with E-state index >= 15 is 0 Å². The van der Waals surface area contributed by atoms with Crippen LogP contribution in [-0.4, -0.2) is 16.4 Å². The van der Waals surface area contributed by atoms with Gasteiger partial charge in [-0.1, -0.05) is 19.3 Å². The first-order valence-corrected chi connectivity index (χ1v) is 8.91. The summed E-state index contributed by atoms with van der Waals surface area (Å²) >= 11 is 1.61. The van der Waals surface area contributed by atoms with Gasteiger partial charge in [0, 0.05) is 4.88 Å². The van der Waals surface area contributed by atoms with E-state index in [1.807, 2.05) is 13.1 Å². The molecule has 22 heavy (non-hydrogen) atoms. The number of carbonyl (C=O) groups excluding carboxylic acids is 1. The highest BCUT2D eigenvalue weighted by Crippen LogP contribution is 2.39. The highest BCUT2D eigenvalue weighted by molar-refractivity contribution is 7.16. The second kappa shape index (κ2) is 6.25. The van der Waals surface area contributed by atoms with Crippen LogP contribution >= 0.6 is 11.3 Å². The van der Waals surface area contributed by atoms with Gasteiger partial charge in [-0.25, -0.2) is 4.98 Å². The van der Waals surface area contributed by atoms with Crippen molar-refractivity contribution in [3.05, 3.63) is 10.6 Å². The van der Waals surface area contributed by atoms with Crippen LogP contribution in [0.1, 0.15) is 67.9 Å². The summed E-state index contributed by atoms with van der Waals surface area (Å²) in [7, 11) is 0. The lowest BCUT2D eigenvalue weighted by Crippen LogP contribution is -2.57. The maximum absolute atomic E-state index is 12.4. The molecule has 1 aromatic rings. The smallest absolute Gasteiger partial charge is 0.252 e. The molecule has 0 bridgehead atoms. The first-order valence-electron chi connectivity index (χ1n) is 8.10. The third-order valence-electron chi connectivity index (χ3n) is 4.97. The monoisotopic (exact) mass is 318 g/mol. The SMILES string of the molecule is Cc1nc(NC(=O)C2(NC#N)CCC2)sc1C1CCCCC1. The maximum Gasteiger partial charge on any atom is 0.252 e. The first kappa shape index (κ1) is 15.3. The fraction of sp³-hybridized carbons (Fsp3) is 0.688. The van der Waals surface area contributed by atoms with Crippen LogP contribution in [0, 0.1) is 18.4 Å². The predicted molar refractivity (Wildman–Crippen MR) is 86.6 cm³/mol. The van der Waals surface area contributed by atoms with Gasteiger partial charge in [0.05, 0.1) is 5.69 Å². The minimum absolute atomic E-state index is 0.121. The lowest BCUT2D eigenvalue weighted by Gasteiger charge is -2.38. The summed E-state index contributed by atoms with van der Waals surface area (Å²) in [5.74, 6) is 0.482. The van der Waals surface area contributed by atoms with Crippen molar-refractivity contribution in [1.82, 2.24) is 10.3 Å². The van der Waals surface area contributed by atoms with Gasteiger partial charge in [0.1, 0.15) is 5.54 Å². The van der Waals surface area contributed by atoms with Crippen molar-refractivity contribution in [3.8, 4) is 6.19 Å². The molecular weight excluding hydrogens is 296 g/mol. The number of nitrogens with one attached hydrogen (secondary N) is 2. The maximum atomic E-state index is 12.4. The summed E-state index contributed by atoms with van der Waals surface area (Å²) < 4.78 is 0. The Balaban J connectivity index is 1.70. The Morgan fingerprint density at radius 1 is 1.32 bits per heavy atom. The molecule has 0 atom stereocenters. The molecule has 0 aliphatic heterocycles. The van der Waals surface area contributed by atoms with E-state index in [9.17, 15) is 4.79 Å². The summed E-state index contributed by atoms with van der Waals surface area (Å²) in [5.41, 5.74) is 0.336. The predicted octanol–water partition coefficient (Wildman–Crippen LogP) is 3.43. The molecule has 1 aromatic heterocycles. The molecule has 0 saturated heterocycles. The van der Waals surface area contributed by atoms with Crippen LogP contribution in [0.25, 0.3) is 0 Å². The number of hydrogen-bond acceptors (Lipinski definition) is 5. The molecule has 2 aliphatic rings. The molecule has 3 rings (SSSR count). The van der Waals surface area contributed by atoms with E-state index in [1.165, 1.54) is 37.0 Å². The summed E-state index contributed by atoms with van der Waals surface area (Å²) in [5, 5.41) is 15.1. The second-order valence-electron chi connectivity index (χ2n) is 6.43. The molecule has 2 saturated carbocycles. The van der Waals surface area contributed by atoms with Crippen molar-refractivity contribution >= 4 is 22.4 Å². The minimum Gasteiger partial charge on any atom is -0.308 e. The van der Waals surface area contributed by atoms with Crippen molar-refractivity contribution in [3.63, 3.8) is 0 Å². The van der Waals surface area contributed by atoms with Gasteiger partial charge < -0.3 is 5.32 Å². The fourth-order valence-corrected chi connectivity index (χ4v) is 4.60. The number of anilines is 1. The van der Waals surface area contributed by atoms with Crippen molar-refractivity contribution < 1.29 is 4.79 Å². The molecule has 1 amide bonds.